The first-order valence-corrected chi connectivity index (χ1v) is 3.62. The highest BCUT2D eigenvalue weighted by Gasteiger charge is 2.18. The van der Waals surface area contributed by atoms with E-state index in [0.29, 0.717) is 0 Å². The first-order chi connectivity index (χ1) is 3.79. The van der Waals surface area contributed by atoms with Crippen LogP contribution in [0.5, 0.6) is 0 Å². The van der Waals surface area contributed by atoms with Crippen LogP contribution in [0, 0.1) is 18.8 Å². The first-order valence-electron chi connectivity index (χ1n) is 3.62. The van der Waals surface area contributed by atoms with E-state index in [1.807, 2.05) is 0 Å². The highest BCUT2D eigenvalue weighted by Crippen LogP contribution is 2.27. The minimum atomic E-state index is 0.763. The van der Waals surface area contributed by atoms with Crippen molar-refractivity contribution < 1.29 is 0 Å². The van der Waals surface area contributed by atoms with Gasteiger partial charge in [0.2, 0.25) is 0 Å². The lowest BCUT2D eigenvalue weighted by Crippen LogP contribution is -2.09. The second kappa shape index (κ2) is 2.43. The molecule has 0 aliphatic heterocycles. The Morgan fingerprint density at radius 1 is 1.38 bits per heavy atom. The Balaban J connectivity index is 2.23. The molecule has 1 rings (SSSR count). The molecule has 8 heavy (non-hydrogen) atoms. The highest BCUT2D eigenvalue weighted by atomic mass is 14.2. The van der Waals surface area contributed by atoms with Crippen LogP contribution >= 0.6 is 0 Å². The van der Waals surface area contributed by atoms with Gasteiger partial charge in [-0.2, -0.15) is 0 Å². The van der Waals surface area contributed by atoms with Crippen molar-refractivity contribution in [2.75, 3.05) is 0 Å². The zero-order chi connectivity index (χ0) is 5.98. The maximum atomic E-state index is 4.05. The van der Waals surface area contributed by atoms with Crippen LogP contribution in [0.1, 0.15) is 32.6 Å². The second-order valence-corrected chi connectivity index (χ2v) is 3.14. The van der Waals surface area contributed by atoms with Gasteiger partial charge in [-0.3, -0.25) is 0 Å². The fraction of sp³-hybridized carbons (Fsp3) is 0.875. The van der Waals surface area contributed by atoms with E-state index < -0.39 is 0 Å². The predicted molar refractivity (Wildman–Crippen MR) is 36.5 cm³/mol. The summed E-state index contributed by atoms with van der Waals surface area (Å²) in [7, 11) is 0. The Morgan fingerprint density at radius 2 is 2.12 bits per heavy atom. The molecule has 2 atom stereocenters. The van der Waals surface area contributed by atoms with Crippen LogP contribution in [0.3, 0.4) is 0 Å². The van der Waals surface area contributed by atoms with Gasteiger partial charge in [0, 0.05) is 0 Å². The molecule has 46 valence electrons. The minimum absolute atomic E-state index is 0.763. The van der Waals surface area contributed by atoms with E-state index >= 15 is 0 Å². The Labute approximate surface area is 52.3 Å². The summed E-state index contributed by atoms with van der Waals surface area (Å²) in [6, 6.07) is 0. The van der Waals surface area contributed by atoms with Gasteiger partial charge in [-0.1, -0.05) is 13.3 Å². The lowest BCUT2D eigenvalue weighted by atomic mass is 9.84. The van der Waals surface area contributed by atoms with Gasteiger partial charge >= 0.3 is 0 Å². The van der Waals surface area contributed by atoms with Crippen LogP contribution in [0.25, 0.3) is 0 Å². The van der Waals surface area contributed by atoms with E-state index in [0.717, 1.165) is 11.8 Å². The van der Waals surface area contributed by atoms with Crippen LogP contribution < -0.4 is 0 Å². The van der Waals surface area contributed by atoms with E-state index in [1.54, 1.807) is 0 Å². The molecule has 1 fully saturated rings. The third kappa shape index (κ3) is 1.43. The molecule has 0 bridgehead atoms. The number of hydrogen-bond donors (Lipinski definition) is 0. The molecule has 0 spiro atoms. The number of hydrogen-bond acceptors (Lipinski definition) is 0. The molecule has 0 aromatic rings. The van der Waals surface area contributed by atoms with E-state index in [4.69, 9.17) is 0 Å². The fourth-order valence-electron chi connectivity index (χ4n) is 1.56. The first kappa shape index (κ1) is 6.00. The molecule has 1 aliphatic carbocycles. The number of rotatable bonds is 0. The Hall–Kier alpha value is -0.130. The maximum Gasteiger partial charge on any atom is 0.0955 e. The molecular formula is C8H15+. The van der Waals surface area contributed by atoms with Crippen LogP contribution in [0.4, 0.5) is 0 Å². The predicted octanol–water partition coefficient (Wildman–Crippen LogP) is 2.65. The van der Waals surface area contributed by atoms with Gasteiger partial charge in [-0.25, -0.2) is 0 Å². The van der Waals surface area contributed by atoms with Crippen molar-refractivity contribution in [2.45, 2.75) is 32.6 Å². The Bertz CT molecular complexity index is 58.4. The molecule has 0 heteroatoms. The van der Waals surface area contributed by atoms with Gasteiger partial charge in [-0.15, -0.1) is 0 Å². The van der Waals surface area contributed by atoms with Gasteiger partial charge < -0.3 is 0 Å². The molecule has 2 unspecified atom stereocenters. The molecule has 0 aromatic carbocycles. The minimum Gasteiger partial charge on any atom is -0.0623 e. The summed E-state index contributed by atoms with van der Waals surface area (Å²) >= 11 is 0. The molecule has 0 nitrogen and oxygen atoms in total. The molecule has 0 N–H and O–H groups in total. The molecule has 1 aliphatic rings. The van der Waals surface area contributed by atoms with Crippen molar-refractivity contribution in [2.24, 2.45) is 11.8 Å². The standard InChI is InChI=1S/C8H15/c1-7-4-3-5-8(2)6-7/h7-8H,1,3-6H2,2H3/q+1. The van der Waals surface area contributed by atoms with Gasteiger partial charge in [0.1, 0.15) is 0 Å². The quantitative estimate of drug-likeness (QED) is 0.421. The smallest absolute Gasteiger partial charge is 0.0623 e. The third-order valence-corrected chi connectivity index (χ3v) is 2.04. The van der Waals surface area contributed by atoms with Gasteiger partial charge in [-0.05, 0) is 25.2 Å². The lowest BCUT2D eigenvalue weighted by Gasteiger charge is -2.18. The molecule has 0 aromatic heterocycles. The van der Waals surface area contributed by atoms with Gasteiger partial charge in [0.15, 0.2) is 0 Å². The summed E-state index contributed by atoms with van der Waals surface area (Å²) in [6.45, 7) is 6.38. The molecule has 0 radical (unpaired) electrons. The van der Waals surface area contributed by atoms with Crippen molar-refractivity contribution in [3.05, 3.63) is 6.92 Å². The third-order valence-electron chi connectivity index (χ3n) is 2.04. The van der Waals surface area contributed by atoms with E-state index in [1.165, 1.54) is 25.7 Å². The highest BCUT2D eigenvalue weighted by molar-refractivity contribution is 4.71. The lowest BCUT2D eigenvalue weighted by molar-refractivity contribution is 0.323. The molecule has 1 saturated carbocycles. The summed E-state index contributed by atoms with van der Waals surface area (Å²) in [4.78, 5) is 0. The molecular weight excluding hydrogens is 96.1 g/mol. The topological polar surface area (TPSA) is 0 Å². The van der Waals surface area contributed by atoms with Crippen LogP contribution in [-0.2, 0) is 0 Å². The summed E-state index contributed by atoms with van der Waals surface area (Å²) in [6.07, 6.45) is 5.58. The van der Waals surface area contributed by atoms with Crippen molar-refractivity contribution in [1.29, 1.82) is 0 Å². The normalized spacial score (nSPS) is 39.6. The van der Waals surface area contributed by atoms with Gasteiger partial charge in [0.05, 0.1) is 12.8 Å². The second-order valence-electron chi connectivity index (χ2n) is 3.14. The molecule has 0 amide bonds. The summed E-state index contributed by atoms with van der Waals surface area (Å²) < 4.78 is 0. The zero-order valence-electron chi connectivity index (χ0n) is 5.69. The zero-order valence-corrected chi connectivity index (χ0v) is 5.69. The van der Waals surface area contributed by atoms with E-state index in [2.05, 4.69) is 13.8 Å². The van der Waals surface area contributed by atoms with E-state index in [9.17, 15) is 0 Å². The van der Waals surface area contributed by atoms with Crippen LogP contribution in [0.2, 0.25) is 0 Å². The largest absolute Gasteiger partial charge is 0.0955 e. The van der Waals surface area contributed by atoms with Crippen molar-refractivity contribution in [3.8, 4) is 0 Å². The SMILES string of the molecule is [CH2+]C1CCCC(C)C1. The molecule has 0 saturated heterocycles. The Morgan fingerprint density at radius 3 is 2.50 bits per heavy atom. The van der Waals surface area contributed by atoms with Crippen LogP contribution in [-0.4, -0.2) is 0 Å². The fourth-order valence-corrected chi connectivity index (χ4v) is 1.56. The average Bonchev–Trinajstić information content (AvgIpc) is 1.64. The van der Waals surface area contributed by atoms with Crippen molar-refractivity contribution in [3.63, 3.8) is 0 Å². The van der Waals surface area contributed by atoms with Crippen molar-refractivity contribution >= 4 is 0 Å². The van der Waals surface area contributed by atoms with Crippen molar-refractivity contribution in [1.82, 2.24) is 0 Å². The Kier molecular flexibility index (Phi) is 1.82. The average molecular weight is 111 g/mol. The maximum absolute atomic E-state index is 4.05. The van der Waals surface area contributed by atoms with E-state index in [-0.39, 0.29) is 0 Å². The molecule has 0 heterocycles. The summed E-state index contributed by atoms with van der Waals surface area (Å²) in [5, 5.41) is 0. The summed E-state index contributed by atoms with van der Waals surface area (Å²) in [5.41, 5.74) is 0. The van der Waals surface area contributed by atoms with Crippen LogP contribution in [0.15, 0.2) is 0 Å². The monoisotopic (exact) mass is 111 g/mol. The van der Waals surface area contributed by atoms with Gasteiger partial charge in [0.25, 0.3) is 0 Å². The summed E-state index contributed by atoms with van der Waals surface area (Å²) in [5.74, 6) is 1.71.